The molecule has 2 aliphatic rings. The summed E-state index contributed by atoms with van der Waals surface area (Å²) in [6.07, 6.45) is 4.88. The zero-order valence-electron chi connectivity index (χ0n) is 25.6. The molecular formula is C34H39N5O5S. The Kier molecular flexibility index (Phi) is 9.67. The number of unbranched alkanes of at least 4 members (excludes halogenated alkanes) is 1. The first-order valence-corrected chi connectivity index (χ1v) is 16.7. The van der Waals surface area contributed by atoms with Crippen molar-refractivity contribution in [3.63, 3.8) is 0 Å². The van der Waals surface area contributed by atoms with Gasteiger partial charge in [-0.15, -0.1) is 11.3 Å². The molecule has 1 saturated carbocycles. The molecule has 3 heterocycles. The fourth-order valence-electron chi connectivity index (χ4n) is 6.05. The van der Waals surface area contributed by atoms with Crippen molar-refractivity contribution in [1.82, 2.24) is 25.1 Å². The fraction of sp³-hybridized carbons (Fsp3) is 0.441. The van der Waals surface area contributed by atoms with Gasteiger partial charge in [-0.1, -0.05) is 56.9 Å². The minimum Gasteiger partial charge on any atom is -0.432 e. The van der Waals surface area contributed by atoms with Crippen LogP contribution >= 0.6 is 11.3 Å². The van der Waals surface area contributed by atoms with E-state index in [9.17, 15) is 14.4 Å². The largest absolute Gasteiger partial charge is 0.432 e. The van der Waals surface area contributed by atoms with Crippen molar-refractivity contribution in [3.8, 4) is 11.3 Å². The molecule has 2 fully saturated rings. The van der Waals surface area contributed by atoms with E-state index in [0.29, 0.717) is 35.9 Å². The second-order valence-electron chi connectivity index (χ2n) is 11.8. The Morgan fingerprint density at radius 3 is 2.49 bits per heavy atom. The highest BCUT2D eigenvalue weighted by Crippen LogP contribution is 2.32. The number of benzene rings is 2. The van der Waals surface area contributed by atoms with Gasteiger partial charge in [0.25, 0.3) is 17.7 Å². The molecule has 1 aliphatic heterocycles. The van der Waals surface area contributed by atoms with Crippen molar-refractivity contribution in [2.24, 2.45) is 0 Å². The first-order valence-electron chi connectivity index (χ1n) is 15.8. The summed E-state index contributed by atoms with van der Waals surface area (Å²) in [4.78, 5) is 54.4. The van der Waals surface area contributed by atoms with Crippen LogP contribution in [0.4, 0.5) is 0 Å². The highest BCUT2D eigenvalue weighted by Gasteiger charge is 2.45. The Bertz CT molecular complexity index is 1600. The van der Waals surface area contributed by atoms with Crippen molar-refractivity contribution < 1.29 is 23.5 Å². The molecule has 0 bridgehead atoms. The smallest absolute Gasteiger partial charge is 0.316 e. The number of imide groups is 1. The number of morpholine rings is 1. The number of oxazole rings is 1. The van der Waals surface area contributed by atoms with Crippen LogP contribution in [0.1, 0.15) is 77.9 Å². The van der Waals surface area contributed by atoms with Crippen LogP contribution in [0, 0.1) is 0 Å². The van der Waals surface area contributed by atoms with Crippen molar-refractivity contribution in [2.45, 2.75) is 64.0 Å². The average Bonchev–Trinajstić information content (AvgIpc) is 3.73. The summed E-state index contributed by atoms with van der Waals surface area (Å²) in [6.45, 7) is 6.34. The number of amides is 3. The number of rotatable bonds is 10. The molecule has 1 N–H and O–H groups in total. The Hall–Kier alpha value is -3.93. The van der Waals surface area contributed by atoms with Crippen LogP contribution < -0.4 is 5.32 Å². The van der Waals surface area contributed by atoms with Crippen LogP contribution in [0.25, 0.3) is 22.4 Å². The number of carbonyl (C=O) groups is 3. The minimum atomic E-state index is -1.19. The van der Waals surface area contributed by atoms with Crippen LogP contribution in [-0.2, 0) is 16.1 Å². The second kappa shape index (κ2) is 14.0. The summed E-state index contributed by atoms with van der Waals surface area (Å²) in [7, 11) is 0. The van der Waals surface area contributed by atoms with Gasteiger partial charge in [-0.3, -0.25) is 24.2 Å². The van der Waals surface area contributed by atoms with Crippen molar-refractivity contribution in [2.75, 3.05) is 32.8 Å². The van der Waals surface area contributed by atoms with Crippen molar-refractivity contribution in [1.29, 1.82) is 0 Å². The molecule has 11 heteroatoms. The van der Waals surface area contributed by atoms with E-state index in [-0.39, 0.29) is 18.3 Å². The highest BCUT2D eigenvalue weighted by molar-refractivity contribution is 7.09. The zero-order valence-corrected chi connectivity index (χ0v) is 26.4. The molecule has 3 amide bonds. The van der Waals surface area contributed by atoms with Gasteiger partial charge in [0, 0.05) is 36.1 Å². The zero-order chi connectivity index (χ0) is 31.2. The predicted molar refractivity (Wildman–Crippen MR) is 172 cm³/mol. The number of carbonyl (C=O) groups excluding carboxylic acids is 3. The van der Waals surface area contributed by atoms with Crippen molar-refractivity contribution >= 4 is 40.2 Å². The number of ether oxygens (including phenoxy) is 1. The summed E-state index contributed by atoms with van der Waals surface area (Å²) >= 11 is 1.63. The first-order chi connectivity index (χ1) is 22.0. The van der Waals surface area contributed by atoms with E-state index in [1.807, 2.05) is 36.6 Å². The predicted octanol–water partition coefficient (Wildman–Crippen LogP) is 5.69. The lowest BCUT2D eigenvalue weighted by molar-refractivity contribution is -0.137. The van der Waals surface area contributed by atoms with Crippen LogP contribution in [0.15, 0.2) is 58.3 Å². The lowest BCUT2D eigenvalue weighted by atomic mass is 9.80. The van der Waals surface area contributed by atoms with Crippen LogP contribution in [0.2, 0.25) is 0 Å². The van der Waals surface area contributed by atoms with Gasteiger partial charge in [0.15, 0.2) is 5.58 Å². The third-order valence-electron chi connectivity index (χ3n) is 8.63. The van der Waals surface area contributed by atoms with Crippen LogP contribution in [0.3, 0.4) is 0 Å². The molecule has 45 heavy (non-hydrogen) atoms. The summed E-state index contributed by atoms with van der Waals surface area (Å²) < 4.78 is 11.2. The molecule has 0 unspecified atom stereocenters. The van der Waals surface area contributed by atoms with Crippen molar-refractivity contribution in [3.05, 3.63) is 70.4 Å². The van der Waals surface area contributed by atoms with E-state index in [2.05, 4.69) is 15.2 Å². The summed E-state index contributed by atoms with van der Waals surface area (Å²) in [5.41, 5.74) is 2.10. The Balaban J connectivity index is 1.19. The maximum Gasteiger partial charge on any atom is 0.316 e. The average molecular weight is 630 g/mol. The second-order valence-corrected chi connectivity index (χ2v) is 12.7. The number of aromatic nitrogens is 2. The van der Waals surface area contributed by atoms with Gasteiger partial charge >= 0.3 is 5.91 Å². The number of hydrogen-bond donors (Lipinski definition) is 1. The van der Waals surface area contributed by atoms with Gasteiger partial charge in [0.2, 0.25) is 0 Å². The lowest BCUT2D eigenvalue weighted by Crippen LogP contribution is -2.61. The molecule has 1 aliphatic carbocycles. The number of para-hydroxylation sites is 2. The topological polar surface area (TPSA) is 118 Å². The van der Waals surface area contributed by atoms with Crippen LogP contribution in [0.5, 0.6) is 0 Å². The Labute approximate surface area is 266 Å². The molecule has 0 atom stereocenters. The Morgan fingerprint density at radius 1 is 1.00 bits per heavy atom. The molecule has 0 radical (unpaired) electrons. The highest BCUT2D eigenvalue weighted by atomic mass is 32.1. The quantitative estimate of drug-likeness (QED) is 0.223. The molecule has 10 nitrogen and oxygen atoms in total. The Morgan fingerprint density at radius 2 is 1.76 bits per heavy atom. The maximum absolute atomic E-state index is 14.3. The molecule has 2 aromatic heterocycles. The minimum absolute atomic E-state index is 0.122. The van der Waals surface area contributed by atoms with Gasteiger partial charge in [0.1, 0.15) is 16.1 Å². The summed E-state index contributed by atoms with van der Waals surface area (Å²) in [5.74, 6) is -1.44. The monoisotopic (exact) mass is 629 g/mol. The lowest BCUT2D eigenvalue weighted by Gasteiger charge is -2.39. The normalized spacial score (nSPS) is 16.8. The third kappa shape index (κ3) is 7.00. The van der Waals surface area contributed by atoms with E-state index in [0.717, 1.165) is 74.8 Å². The molecule has 1 saturated heterocycles. The summed E-state index contributed by atoms with van der Waals surface area (Å²) in [5, 5.41) is 6.17. The van der Waals surface area contributed by atoms with E-state index < -0.39 is 17.4 Å². The van der Waals surface area contributed by atoms with E-state index in [1.54, 1.807) is 35.6 Å². The van der Waals surface area contributed by atoms with Gasteiger partial charge in [0.05, 0.1) is 25.5 Å². The SMILES string of the molecule is CCCCN(C(=O)c1nc2ccccc2o1)C(=O)C1(NC(=O)c2ccc(-c3csc(CN4CCOCC4)n3)cc2)CCCCC1. The number of thiazole rings is 1. The standard InChI is InChI=1S/C34H39N5O5S/c1-2-3-17-39(32(41)31-36-26-9-5-6-10-28(26)44-31)33(42)34(15-7-4-8-16-34)37-30(40)25-13-11-24(12-14-25)27-23-45-29(35-27)22-38-18-20-43-21-19-38/h5-6,9-14,23H,2-4,7-8,15-22H2,1H3,(H,37,40). The molecular weight excluding hydrogens is 590 g/mol. The first kappa shape index (κ1) is 31.1. The van der Waals surface area contributed by atoms with E-state index in [4.69, 9.17) is 14.1 Å². The molecule has 2 aromatic carbocycles. The van der Waals surface area contributed by atoms with Gasteiger partial charge < -0.3 is 14.5 Å². The third-order valence-corrected chi connectivity index (χ3v) is 9.46. The molecule has 6 rings (SSSR count). The van der Waals surface area contributed by atoms with Gasteiger partial charge in [-0.25, -0.2) is 9.97 Å². The number of fused-ring (bicyclic) bond motifs is 1. The van der Waals surface area contributed by atoms with Gasteiger partial charge in [-0.2, -0.15) is 0 Å². The maximum atomic E-state index is 14.3. The van der Waals surface area contributed by atoms with Crippen LogP contribution in [-0.4, -0.2) is 75.9 Å². The molecule has 4 aromatic rings. The fourth-order valence-corrected chi connectivity index (χ4v) is 6.89. The molecule has 0 spiro atoms. The number of hydrogen-bond acceptors (Lipinski definition) is 9. The summed E-state index contributed by atoms with van der Waals surface area (Å²) in [6, 6.07) is 14.5. The number of nitrogens with one attached hydrogen (secondary N) is 1. The number of nitrogens with zero attached hydrogens (tertiary/aromatic N) is 4. The van der Waals surface area contributed by atoms with Gasteiger partial charge in [-0.05, 0) is 43.5 Å². The molecule has 236 valence electrons. The van der Waals surface area contributed by atoms with E-state index in [1.165, 1.54) is 4.90 Å². The van der Waals surface area contributed by atoms with E-state index >= 15 is 0 Å².